The second-order valence-electron chi connectivity index (χ2n) is 1.61. The molecule has 0 bridgehead atoms. The van der Waals surface area contributed by atoms with Crippen LogP contribution in [0.5, 0.6) is 0 Å². The minimum absolute atomic E-state index is 0.0748. The molecule has 0 aliphatic rings. The predicted octanol–water partition coefficient (Wildman–Crippen LogP) is 0.277. The molecular formula is C4H2Cl2N4O. The topological polar surface area (TPSA) is 81.8 Å². The van der Waals surface area contributed by atoms with Gasteiger partial charge in [-0.3, -0.25) is 4.79 Å². The summed E-state index contributed by atoms with van der Waals surface area (Å²) in [6.07, 6.45) is 0. The van der Waals surface area contributed by atoms with E-state index in [4.69, 9.17) is 28.9 Å². The Labute approximate surface area is 71.5 Å². The van der Waals surface area contributed by atoms with Gasteiger partial charge in [-0.2, -0.15) is 0 Å². The van der Waals surface area contributed by atoms with Gasteiger partial charge in [0.15, 0.2) is 10.8 Å². The number of halogens is 2. The first-order valence-corrected chi connectivity index (χ1v) is 3.22. The summed E-state index contributed by atoms with van der Waals surface area (Å²) < 4.78 is 0. The number of aromatic nitrogens is 3. The molecule has 1 heterocycles. The van der Waals surface area contributed by atoms with E-state index >= 15 is 0 Å². The molecule has 0 spiro atoms. The van der Waals surface area contributed by atoms with Crippen molar-refractivity contribution >= 4 is 29.1 Å². The van der Waals surface area contributed by atoms with Crippen molar-refractivity contribution < 1.29 is 4.79 Å². The summed E-state index contributed by atoms with van der Waals surface area (Å²) >= 11 is 10.9. The van der Waals surface area contributed by atoms with Crippen LogP contribution < -0.4 is 5.73 Å². The van der Waals surface area contributed by atoms with Gasteiger partial charge in [-0.05, 0) is 5.21 Å². The van der Waals surface area contributed by atoms with Crippen molar-refractivity contribution in [2.24, 2.45) is 5.73 Å². The first kappa shape index (κ1) is 8.16. The molecule has 58 valence electrons. The molecule has 2 N–H and O–H groups in total. The summed E-state index contributed by atoms with van der Waals surface area (Å²) in [4.78, 5) is 10.5. The van der Waals surface area contributed by atoms with E-state index in [-0.39, 0.29) is 15.9 Å². The van der Waals surface area contributed by atoms with Crippen LogP contribution >= 0.6 is 23.2 Å². The Bertz CT molecular complexity index is 302. The zero-order valence-electron chi connectivity index (χ0n) is 5.08. The molecular weight excluding hydrogens is 191 g/mol. The van der Waals surface area contributed by atoms with Crippen molar-refractivity contribution in [3.8, 4) is 0 Å². The van der Waals surface area contributed by atoms with E-state index in [9.17, 15) is 4.79 Å². The first-order valence-electron chi connectivity index (χ1n) is 2.47. The highest BCUT2D eigenvalue weighted by molar-refractivity contribution is 6.42. The quantitative estimate of drug-likeness (QED) is 0.694. The lowest BCUT2D eigenvalue weighted by Gasteiger charge is -1.95. The standard InChI is InChI=1S/C4H2Cl2N4O/c5-1-2(4(7)11)8-10-9-3(1)6/h(H2,7,11). The van der Waals surface area contributed by atoms with Crippen molar-refractivity contribution in [2.45, 2.75) is 0 Å². The van der Waals surface area contributed by atoms with Gasteiger partial charge in [-0.25, -0.2) is 0 Å². The van der Waals surface area contributed by atoms with Crippen LogP contribution in [0.3, 0.4) is 0 Å². The van der Waals surface area contributed by atoms with Crippen LogP contribution in [0.15, 0.2) is 0 Å². The van der Waals surface area contributed by atoms with E-state index in [1.807, 2.05) is 0 Å². The van der Waals surface area contributed by atoms with Crippen LogP contribution in [0, 0.1) is 0 Å². The summed E-state index contributed by atoms with van der Waals surface area (Å²) in [5.74, 6) is -0.785. The van der Waals surface area contributed by atoms with E-state index in [1.54, 1.807) is 0 Å². The number of hydrogen-bond donors (Lipinski definition) is 1. The van der Waals surface area contributed by atoms with E-state index < -0.39 is 5.91 Å². The molecule has 0 aliphatic carbocycles. The van der Waals surface area contributed by atoms with Gasteiger partial charge in [0, 0.05) is 0 Å². The zero-order valence-corrected chi connectivity index (χ0v) is 6.60. The Balaban J connectivity index is 3.27. The maximum Gasteiger partial charge on any atom is 0.270 e. The molecule has 1 amide bonds. The zero-order chi connectivity index (χ0) is 8.43. The average Bonchev–Trinajstić information content (AvgIpc) is 1.94. The third kappa shape index (κ3) is 1.55. The van der Waals surface area contributed by atoms with Crippen molar-refractivity contribution in [1.29, 1.82) is 0 Å². The van der Waals surface area contributed by atoms with E-state index in [1.165, 1.54) is 0 Å². The molecule has 0 saturated carbocycles. The average molecular weight is 193 g/mol. The number of nitrogens with zero attached hydrogens (tertiary/aromatic N) is 3. The van der Waals surface area contributed by atoms with Crippen LogP contribution in [-0.2, 0) is 0 Å². The fourth-order valence-corrected chi connectivity index (χ4v) is 0.741. The normalized spacial score (nSPS) is 9.64. The maximum absolute atomic E-state index is 10.5. The summed E-state index contributed by atoms with van der Waals surface area (Å²) in [6, 6.07) is 0. The summed E-state index contributed by atoms with van der Waals surface area (Å²) in [5, 5.41) is 9.56. The highest BCUT2D eigenvalue weighted by atomic mass is 35.5. The van der Waals surface area contributed by atoms with Gasteiger partial charge in [-0.15, -0.1) is 10.2 Å². The Hall–Kier alpha value is -0.940. The number of rotatable bonds is 1. The molecule has 1 aromatic rings. The van der Waals surface area contributed by atoms with Gasteiger partial charge in [-0.1, -0.05) is 23.2 Å². The van der Waals surface area contributed by atoms with Crippen molar-refractivity contribution in [3.63, 3.8) is 0 Å². The lowest BCUT2D eigenvalue weighted by Crippen LogP contribution is -2.15. The fourth-order valence-electron chi connectivity index (χ4n) is 0.449. The van der Waals surface area contributed by atoms with E-state index in [2.05, 4.69) is 15.4 Å². The van der Waals surface area contributed by atoms with E-state index in [0.717, 1.165) is 0 Å². The van der Waals surface area contributed by atoms with Gasteiger partial charge in [0.25, 0.3) is 5.91 Å². The monoisotopic (exact) mass is 192 g/mol. The highest BCUT2D eigenvalue weighted by Gasteiger charge is 2.12. The molecule has 0 fully saturated rings. The lowest BCUT2D eigenvalue weighted by atomic mass is 10.4. The van der Waals surface area contributed by atoms with Crippen LogP contribution in [0.4, 0.5) is 0 Å². The molecule has 0 atom stereocenters. The van der Waals surface area contributed by atoms with Crippen LogP contribution in [0.1, 0.15) is 10.5 Å². The Morgan fingerprint density at radius 2 is 2.00 bits per heavy atom. The minimum atomic E-state index is -0.785. The molecule has 11 heavy (non-hydrogen) atoms. The molecule has 0 aromatic carbocycles. The SMILES string of the molecule is NC(=O)c1nnnc(Cl)c1Cl. The molecule has 1 rings (SSSR count). The number of nitrogens with two attached hydrogens (primary N) is 1. The predicted molar refractivity (Wildman–Crippen MR) is 38.4 cm³/mol. The largest absolute Gasteiger partial charge is 0.364 e. The van der Waals surface area contributed by atoms with Gasteiger partial charge in [0.05, 0.1) is 0 Å². The number of hydrogen-bond acceptors (Lipinski definition) is 4. The van der Waals surface area contributed by atoms with Crippen molar-refractivity contribution in [1.82, 2.24) is 15.4 Å². The highest BCUT2D eigenvalue weighted by Crippen LogP contribution is 2.19. The van der Waals surface area contributed by atoms with Crippen molar-refractivity contribution in [2.75, 3.05) is 0 Å². The van der Waals surface area contributed by atoms with Gasteiger partial charge >= 0.3 is 0 Å². The smallest absolute Gasteiger partial charge is 0.270 e. The molecule has 7 heteroatoms. The van der Waals surface area contributed by atoms with E-state index in [0.29, 0.717) is 0 Å². The second-order valence-corrected chi connectivity index (χ2v) is 2.34. The molecule has 0 radical (unpaired) electrons. The maximum atomic E-state index is 10.5. The molecule has 5 nitrogen and oxygen atoms in total. The Morgan fingerprint density at radius 3 is 2.45 bits per heavy atom. The Morgan fingerprint density at radius 1 is 1.36 bits per heavy atom. The molecule has 0 unspecified atom stereocenters. The third-order valence-corrected chi connectivity index (χ3v) is 1.62. The van der Waals surface area contributed by atoms with Gasteiger partial charge in [0.1, 0.15) is 5.02 Å². The van der Waals surface area contributed by atoms with Gasteiger partial charge in [0.2, 0.25) is 0 Å². The number of primary amides is 1. The molecule has 0 aliphatic heterocycles. The third-order valence-electron chi connectivity index (χ3n) is 0.900. The molecule has 1 aromatic heterocycles. The Kier molecular flexibility index (Phi) is 2.21. The van der Waals surface area contributed by atoms with Crippen molar-refractivity contribution in [3.05, 3.63) is 15.9 Å². The molecule has 0 saturated heterocycles. The van der Waals surface area contributed by atoms with Crippen LogP contribution in [0.25, 0.3) is 0 Å². The summed E-state index contributed by atoms with van der Waals surface area (Å²) in [6.45, 7) is 0. The minimum Gasteiger partial charge on any atom is -0.364 e. The second kappa shape index (κ2) is 2.98. The van der Waals surface area contributed by atoms with Crippen LogP contribution in [0.2, 0.25) is 10.2 Å². The summed E-state index contributed by atoms with van der Waals surface area (Å²) in [7, 11) is 0. The number of carbonyl (C=O) groups excluding carboxylic acids is 1. The van der Waals surface area contributed by atoms with Crippen LogP contribution in [-0.4, -0.2) is 21.3 Å². The fraction of sp³-hybridized carbons (Fsp3) is 0. The summed E-state index contributed by atoms with van der Waals surface area (Å²) in [5.41, 5.74) is 4.70. The first-order chi connectivity index (χ1) is 5.13. The number of amides is 1. The lowest BCUT2D eigenvalue weighted by molar-refractivity contribution is 0.0994. The number of carbonyl (C=O) groups is 1. The van der Waals surface area contributed by atoms with Gasteiger partial charge < -0.3 is 5.73 Å².